The van der Waals surface area contributed by atoms with Crippen molar-refractivity contribution in [1.29, 1.82) is 0 Å². The SMILES string of the molecule is CCC(CC(=O)Nc1ccc(C(=O)Oc2ccc(-c3cc(=S)ss3)cc2)c(O)c1)O[N+](=O)[O-]. The molecule has 1 atom stereocenters. The van der Waals surface area contributed by atoms with E-state index in [-0.39, 0.29) is 29.8 Å². The fourth-order valence-corrected chi connectivity index (χ4v) is 5.20. The number of esters is 1. The van der Waals surface area contributed by atoms with Crippen LogP contribution in [0.5, 0.6) is 11.5 Å². The second-order valence-corrected chi connectivity index (χ2v) is 9.66. The molecule has 0 spiro atoms. The van der Waals surface area contributed by atoms with Gasteiger partial charge in [-0.05, 0) is 54.4 Å². The summed E-state index contributed by atoms with van der Waals surface area (Å²) in [6.45, 7) is 1.65. The number of hydrogen-bond donors (Lipinski definition) is 2. The van der Waals surface area contributed by atoms with Crippen molar-refractivity contribution in [2.24, 2.45) is 0 Å². The molecule has 1 heterocycles. The van der Waals surface area contributed by atoms with Crippen molar-refractivity contribution in [3.63, 3.8) is 0 Å². The Kier molecular flexibility index (Phi) is 8.09. The number of hydrogen-bond acceptors (Lipinski definition) is 10. The summed E-state index contributed by atoms with van der Waals surface area (Å²) in [5.74, 6) is -1.39. The van der Waals surface area contributed by atoms with E-state index in [0.29, 0.717) is 5.75 Å². The molecule has 0 radical (unpaired) electrons. The number of benzene rings is 2. The van der Waals surface area contributed by atoms with E-state index in [1.54, 1.807) is 41.5 Å². The highest BCUT2D eigenvalue weighted by molar-refractivity contribution is 7.80. The van der Waals surface area contributed by atoms with Crippen molar-refractivity contribution >= 4 is 50.5 Å². The lowest BCUT2D eigenvalue weighted by atomic mass is 10.1. The first-order valence-electron chi connectivity index (χ1n) is 9.62. The molecule has 172 valence electrons. The van der Waals surface area contributed by atoms with E-state index in [0.717, 1.165) is 14.3 Å². The fourth-order valence-electron chi connectivity index (χ4n) is 2.80. The Hall–Kier alpha value is -3.35. The van der Waals surface area contributed by atoms with E-state index < -0.39 is 23.1 Å². The number of ether oxygens (including phenoxy) is 1. The maximum absolute atomic E-state index is 12.5. The van der Waals surface area contributed by atoms with E-state index in [9.17, 15) is 24.8 Å². The maximum Gasteiger partial charge on any atom is 0.347 e. The molecular weight excluding hydrogens is 488 g/mol. The number of rotatable bonds is 9. The van der Waals surface area contributed by atoms with Gasteiger partial charge in [0.15, 0.2) is 0 Å². The quantitative estimate of drug-likeness (QED) is 0.0980. The van der Waals surface area contributed by atoms with Crippen LogP contribution in [0.2, 0.25) is 0 Å². The number of phenols is 1. The molecule has 0 saturated carbocycles. The molecule has 0 aliphatic heterocycles. The average Bonchev–Trinajstić information content (AvgIpc) is 3.19. The summed E-state index contributed by atoms with van der Waals surface area (Å²) in [6, 6.07) is 12.7. The standard InChI is InChI=1S/C21H18N2O7S3/c1-2-14(30-23(27)28)10-19(25)22-13-5-8-16(17(24)9-13)21(26)29-15-6-3-12(4-7-15)18-11-20(31)33-32-18/h3-9,11,14,24H,2,10H2,1H3,(H,22,25). The molecule has 3 rings (SSSR count). The van der Waals surface area contributed by atoms with Crippen LogP contribution in [0.15, 0.2) is 48.5 Å². The third-order valence-corrected chi connectivity index (χ3v) is 7.33. The molecule has 3 aromatic rings. The molecule has 2 aromatic carbocycles. The Morgan fingerprint density at radius 2 is 1.91 bits per heavy atom. The van der Waals surface area contributed by atoms with Crippen LogP contribution < -0.4 is 10.1 Å². The summed E-state index contributed by atoms with van der Waals surface area (Å²) in [5.41, 5.74) is 1.08. The van der Waals surface area contributed by atoms with Crippen LogP contribution in [0.3, 0.4) is 0 Å². The lowest BCUT2D eigenvalue weighted by molar-refractivity contribution is -0.768. The molecule has 33 heavy (non-hydrogen) atoms. The Morgan fingerprint density at radius 1 is 1.18 bits per heavy atom. The Balaban J connectivity index is 1.62. The van der Waals surface area contributed by atoms with E-state index in [2.05, 4.69) is 10.2 Å². The van der Waals surface area contributed by atoms with Gasteiger partial charge in [0.25, 0.3) is 5.09 Å². The van der Waals surface area contributed by atoms with Gasteiger partial charge >= 0.3 is 5.97 Å². The van der Waals surface area contributed by atoms with Gasteiger partial charge in [-0.15, -0.1) is 10.1 Å². The molecule has 2 N–H and O–H groups in total. The number of phenolic OH excluding ortho intramolecular Hbond substituents is 1. The highest BCUT2D eigenvalue weighted by atomic mass is 32.9. The minimum Gasteiger partial charge on any atom is -0.507 e. The predicted octanol–water partition coefficient (Wildman–Crippen LogP) is 5.45. The zero-order valence-electron chi connectivity index (χ0n) is 17.2. The summed E-state index contributed by atoms with van der Waals surface area (Å²) >= 11 is 5.14. The van der Waals surface area contributed by atoms with E-state index in [1.807, 2.05) is 6.07 Å². The third-order valence-electron chi connectivity index (χ3n) is 4.42. The van der Waals surface area contributed by atoms with E-state index in [1.165, 1.54) is 28.5 Å². The second kappa shape index (κ2) is 11.0. The van der Waals surface area contributed by atoms with Crippen molar-refractivity contribution in [2.75, 3.05) is 5.32 Å². The van der Waals surface area contributed by atoms with Crippen molar-refractivity contribution in [1.82, 2.24) is 0 Å². The number of nitrogens with one attached hydrogen (secondary N) is 1. The highest BCUT2D eigenvalue weighted by Crippen LogP contribution is 2.31. The van der Waals surface area contributed by atoms with Gasteiger partial charge in [0.2, 0.25) is 5.91 Å². The minimum atomic E-state index is -0.944. The molecule has 9 nitrogen and oxygen atoms in total. The Morgan fingerprint density at radius 3 is 2.48 bits per heavy atom. The van der Waals surface area contributed by atoms with Gasteiger partial charge in [-0.1, -0.05) is 39.8 Å². The monoisotopic (exact) mass is 506 g/mol. The molecule has 1 amide bonds. The summed E-state index contributed by atoms with van der Waals surface area (Å²) < 4.78 is 6.12. The average molecular weight is 507 g/mol. The summed E-state index contributed by atoms with van der Waals surface area (Å²) in [4.78, 5) is 40.4. The van der Waals surface area contributed by atoms with Crippen LogP contribution in [0.25, 0.3) is 10.4 Å². The first-order valence-corrected chi connectivity index (χ1v) is 12.2. The van der Waals surface area contributed by atoms with Gasteiger partial charge in [-0.2, -0.15) is 0 Å². The predicted molar refractivity (Wildman–Crippen MR) is 127 cm³/mol. The third kappa shape index (κ3) is 6.81. The molecule has 0 saturated heterocycles. The van der Waals surface area contributed by atoms with Crippen molar-refractivity contribution in [3.8, 4) is 21.9 Å². The fraction of sp³-hybridized carbons (Fsp3) is 0.190. The van der Waals surface area contributed by atoms with Crippen LogP contribution in [0.1, 0.15) is 30.1 Å². The molecule has 0 fully saturated rings. The molecular formula is C21H18N2O7S3. The molecule has 0 bridgehead atoms. The van der Waals surface area contributed by atoms with Gasteiger partial charge in [-0.3, -0.25) is 4.79 Å². The minimum absolute atomic E-state index is 0.0870. The topological polar surface area (TPSA) is 128 Å². The molecule has 12 heteroatoms. The summed E-state index contributed by atoms with van der Waals surface area (Å²) in [5, 5.41) is 22.2. The lowest BCUT2D eigenvalue weighted by Crippen LogP contribution is -2.24. The summed E-state index contributed by atoms with van der Waals surface area (Å²) in [6.07, 6.45) is -0.847. The van der Waals surface area contributed by atoms with Crippen molar-refractivity contribution in [3.05, 3.63) is 68.0 Å². The number of nitrogens with zero attached hydrogens (tertiary/aromatic N) is 1. The molecule has 0 aliphatic rings. The zero-order valence-corrected chi connectivity index (χ0v) is 19.6. The first kappa shape index (κ1) is 24.3. The lowest BCUT2D eigenvalue weighted by Gasteiger charge is -2.13. The van der Waals surface area contributed by atoms with Gasteiger partial charge in [0, 0.05) is 16.6 Å². The molecule has 1 unspecified atom stereocenters. The number of carbonyl (C=O) groups excluding carboxylic acids is 2. The van der Waals surface area contributed by atoms with E-state index >= 15 is 0 Å². The van der Waals surface area contributed by atoms with Crippen LogP contribution in [-0.4, -0.2) is 28.2 Å². The highest BCUT2D eigenvalue weighted by Gasteiger charge is 2.18. The molecule has 1 aromatic heterocycles. The smallest absolute Gasteiger partial charge is 0.347 e. The van der Waals surface area contributed by atoms with Crippen LogP contribution in [-0.2, 0) is 9.63 Å². The van der Waals surface area contributed by atoms with Crippen LogP contribution in [0, 0.1) is 13.9 Å². The summed E-state index contributed by atoms with van der Waals surface area (Å²) in [7, 11) is 3.07. The van der Waals surface area contributed by atoms with Gasteiger partial charge < -0.3 is 20.0 Å². The van der Waals surface area contributed by atoms with Crippen molar-refractivity contribution in [2.45, 2.75) is 25.9 Å². The Bertz CT molecular complexity index is 1220. The number of amides is 1. The number of aromatic hydroxyl groups is 1. The molecule has 0 aliphatic carbocycles. The maximum atomic E-state index is 12.5. The Labute approximate surface area is 200 Å². The van der Waals surface area contributed by atoms with Gasteiger partial charge in [0.05, 0.1) is 6.42 Å². The largest absolute Gasteiger partial charge is 0.507 e. The van der Waals surface area contributed by atoms with Gasteiger partial charge in [0.1, 0.15) is 27.0 Å². The van der Waals surface area contributed by atoms with E-state index in [4.69, 9.17) is 17.0 Å². The normalized spacial score (nSPS) is 11.4. The van der Waals surface area contributed by atoms with Crippen LogP contribution in [0.4, 0.5) is 5.69 Å². The zero-order chi connectivity index (χ0) is 24.0. The second-order valence-electron chi connectivity index (χ2n) is 6.75. The number of anilines is 1. The van der Waals surface area contributed by atoms with Crippen molar-refractivity contribution < 1.29 is 29.4 Å². The number of carbonyl (C=O) groups is 2. The van der Waals surface area contributed by atoms with Gasteiger partial charge in [-0.25, -0.2) is 4.79 Å². The van der Waals surface area contributed by atoms with Crippen LogP contribution >= 0.6 is 32.9 Å². The first-order chi connectivity index (χ1) is 15.7.